The Balaban J connectivity index is 1.85. The van der Waals surface area contributed by atoms with E-state index in [1.54, 1.807) is 7.11 Å². The summed E-state index contributed by atoms with van der Waals surface area (Å²) in [6, 6.07) is 8.06. The SMILES string of the molecule is COCCCNCc1nc2ccccc2[nH]1. The number of fused-ring (bicyclic) bond motifs is 1. The first-order valence-electron chi connectivity index (χ1n) is 5.53. The van der Waals surface area contributed by atoms with Gasteiger partial charge in [-0.3, -0.25) is 0 Å². The number of methoxy groups -OCH3 is 1. The lowest BCUT2D eigenvalue weighted by molar-refractivity contribution is 0.194. The molecule has 2 aromatic rings. The third-order valence-corrected chi connectivity index (χ3v) is 2.43. The lowest BCUT2D eigenvalue weighted by Crippen LogP contribution is -2.16. The van der Waals surface area contributed by atoms with Crippen LogP contribution >= 0.6 is 0 Å². The Hall–Kier alpha value is -1.39. The molecule has 2 N–H and O–H groups in total. The van der Waals surface area contributed by atoms with Crippen LogP contribution in [0.4, 0.5) is 0 Å². The summed E-state index contributed by atoms with van der Waals surface area (Å²) in [6.45, 7) is 2.52. The van der Waals surface area contributed by atoms with Crippen LogP contribution in [0.5, 0.6) is 0 Å². The summed E-state index contributed by atoms with van der Waals surface area (Å²) in [4.78, 5) is 7.76. The van der Waals surface area contributed by atoms with Crippen molar-refractivity contribution in [3.8, 4) is 0 Å². The summed E-state index contributed by atoms with van der Waals surface area (Å²) in [6.07, 6.45) is 1.02. The molecule has 16 heavy (non-hydrogen) atoms. The zero-order valence-corrected chi connectivity index (χ0v) is 9.49. The van der Waals surface area contributed by atoms with E-state index < -0.39 is 0 Å². The monoisotopic (exact) mass is 219 g/mol. The van der Waals surface area contributed by atoms with Crippen molar-refractivity contribution in [2.75, 3.05) is 20.3 Å². The Morgan fingerprint density at radius 3 is 3.06 bits per heavy atom. The van der Waals surface area contributed by atoms with E-state index in [4.69, 9.17) is 4.74 Å². The van der Waals surface area contributed by atoms with Crippen LogP contribution < -0.4 is 5.32 Å². The number of hydrogen-bond acceptors (Lipinski definition) is 3. The number of rotatable bonds is 6. The Morgan fingerprint density at radius 1 is 1.38 bits per heavy atom. The molecule has 0 saturated heterocycles. The van der Waals surface area contributed by atoms with Gasteiger partial charge in [0.2, 0.25) is 0 Å². The second kappa shape index (κ2) is 5.63. The number of aromatic nitrogens is 2. The van der Waals surface area contributed by atoms with E-state index in [0.29, 0.717) is 0 Å². The Morgan fingerprint density at radius 2 is 2.25 bits per heavy atom. The summed E-state index contributed by atoms with van der Waals surface area (Å²) in [5.41, 5.74) is 2.12. The molecule has 0 amide bonds. The zero-order chi connectivity index (χ0) is 11.2. The van der Waals surface area contributed by atoms with Crippen LogP contribution in [0.1, 0.15) is 12.2 Å². The molecule has 0 aliphatic heterocycles. The second-order valence-corrected chi connectivity index (χ2v) is 3.72. The van der Waals surface area contributed by atoms with Gasteiger partial charge in [0.15, 0.2) is 0 Å². The number of imidazole rings is 1. The van der Waals surface area contributed by atoms with Gasteiger partial charge in [-0.25, -0.2) is 4.98 Å². The third-order valence-electron chi connectivity index (χ3n) is 2.43. The van der Waals surface area contributed by atoms with Gasteiger partial charge in [0.25, 0.3) is 0 Å². The first kappa shape index (κ1) is 11.1. The number of H-pyrrole nitrogens is 1. The summed E-state index contributed by atoms with van der Waals surface area (Å²) in [5.74, 6) is 0.985. The summed E-state index contributed by atoms with van der Waals surface area (Å²) in [5, 5.41) is 3.32. The van der Waals surface area contributed by atoms with Gasteiger partial charge in [-0.1, -0.05) is 12.1 Å². The number of benzene rings is 1. The minimum atomic E-state index is 0.776. The maximum absolute atomic E-state index is 4.98. The Labute approximate surface area is 95.0 Å². The van der Waals surface area contributed by atoms with E-state index in [0.717, 1.165) is 43.0 Å². The highest BCUT2D eigenvalue weighted by molar-refractivity contribution is 5.74. The topological polar surface area (TPSA) is 49.9 Å². The van der Waals surface area contributed by atoms with Crippen LogP contribution in [0.3, 0.4) is 0 Å². The van der Waals surface area contributed by atoms with Crippen LogP contribution in [-0.2, 0) is 11.3 Å². The average molecular weight is 219 g/mol. The van der Waals surface area contributed by atoms with E-state index in [-0.39, 0.29) is 0 Å². The molecule has 0 saturated carbocycles. The van der Waals surface area contributed by atoms with Crippen molar-refractivity contribution in [2.24, 2.45) is 0 Å². The molecule has 2 rings (SSSR count). The van der Waals surface area contributed by atoms with Crippen molar-refractivity contribution < 1.29 is 4.74 Å². The van der Waals surface area contributed by atoms with Crippen LogP contribution in [0.2, 0.25) is 0 Å². The number of nitrogens with one attached hydrogen (secondary N) is 2. The van der Waals surface area contributed by atoms with Crippen molar-refractivity contribution in [1.29, 1.82) is 0 Å². The largest absolute Gasteiger partial charge is 0.385 e. The number of aromatic amines is 1. The van der Waals surface area contributed by atoms with Gasteiger partial charge in [0.05, 0.1) is 17.6 Å². The highest BCUT2D eigenvalue weighted by Crippen LogP contribution is 2.09. The molecule has 4 heteroatoms. The first-order valence-corrected chi connectivity index (χ1v) is 5.53. The number of ether oxygens (including phenoxy) is 1. The fourth-order valence-electron chi connectivity index (χ4n) is 1.64. The molecule has 1 aromatic heterocycles. The van der Waals surface area contributed by atoms with Crippen LogP contribution in [0.15, 0.2) is 24.3 Å². The second-order valence-electron chi connectivity index (χ2n) is 3.72. The molecule has 0 bridgehead atoms. The lowest BCUT2D eigenvalue weighted by atomic mass is 10.3. The van der Waals surface area contributed by atoms with Gasteiger partial charge in [-0.05, 0) is 25.1 Å². The molecule has 86 valence electrons. The molecule has 0 radical (unpaired) electrons. The van der Waals surface area contributed by atoms with E-state index in [2.05, 4.69) is 15.3 Å². The normalized spacial score (nSPS) is 11.1. The minimum Gasteiger partial charge on any atom is -0.385 e. The summed E-state index contributed by atoms with van der Waals surface area (Å²) >= 11 is 0. The van der Waals surface area contributed by atoms with Crippen LogP contribution in [0, 0.1) is 0 Å². The highest BCUT2D eigenvalue weighted by Gasteiger charge is 2.00. The van der Waals surface area contributed by atoms with Gasteiger partial charge in [0, 0.05) is 13.7 Å². The number of nitrogens with zero attached hydrogens (tertiary/aromatic N) is 1. The molecule has 0 spiro atoms. The smallest absolute Gasteiger partial charge is 0.121 e. The fourth-order valence-corrected chi connectivity index (χ4v) is 1.64. The molecule has 0 aliphatic rings. The molecule has 0 unspecified atom stereocenters. The summed E-state index contributed by atoms with van der Waals surface area (Å²) < 4.78 is 4.98. The fraction of sp³-hybridized carbons (Fsp3) is 0.417. The minimum absolute atomic E-state index is 0.776. The van der Waals surface area contributed by atoms with Crippen molar-refractivity contribution in [3.63, 3.8) is 0 Å². The van der Waals surface area contributed by atoms with Crippen molar-refractivity contribution >= 4 is 11.0 Å². The zero-order valence-electron chi connectivity index (χ0n) is 9.49. The van der Waals surface area contributed by atoms with Crippen molar-refractivity contribution in [3.05, 3.63) is 30.1 Å². The molecule has 0 atom stereocenters. The Kier molecular flexibility index (Phi) is 3.91. The van der Waals surface area contributed by atoms with Gasteiger partial charge in [0.1, 0.15) is 5.82 Å². The van der Waals surface area contributed by atoms with E-state index in [1.165, 1.54) is 0 Å². The average Bonchev–Trinajstić information content (AvgIpc) is 2.71. The highest BCUT2D eigenvalue weighted by atomic mass is 16.5. The molecule has 0 fully saturated rings. The maximum Gasteiger partial charge on any atom is 0.121 e. The third kappa shape index (κ3) is 2.81. The number of para-hydroxylation sites is 2. The van der Waals surface area contributed by atoms with E-state index >= 15 is 0 Å². The quantitative estimate of drug-likeness (QED) is 0.727. The van der Waals surface area contributed by atoms with Gasteiger partial charge >= 0.3 is 0 Å². The molecular weight excluding hydrogens is 202 g/mol. The van der Waals surface area contributed by atoms with Gasteiger partial charge in [-0.15, -0.1) is 0 Å². The molecule has 1 aromatic carbocycles. The Bertz CT molecular complexity index is 406. The molecule has 1 heterocycles. The first-order chi connectivity index (χ1) is 7.90. The van der Waals surface area contributed by atoms with Gasteiger partial charge in [-0.2, -0.15) is 0 Å². The molecular formula is C12H17N3O. The van der Waals surface area contributed by atoms with Crippen LogP contribution in [-0.4, -0.2) is 30.2 Å². The summed E-state index contributed by atoms with van der Waals surface area (Å²) in [7, 11) is 1.72. The molecule has 4 nitrogen and oxygen atoms in total. The maximum atomic E-state index is 4.98. The van der Waals surface area contributed by atoms with E-state index in [1.807, 2.05) is 24.3 Å². The van der Waals surface area contributed by atoms with E-state index in [9.17, 15) is 0 Å². The number of hydrogen-bond donors (Lipinski definition) is 2. The lowest BCUT2D eigenvalue weighted by Gasteiger charge is -2.01. The van der Waals surface area contributed by atoms with Crippen LogP contribution in [0.25, 0.3) is 11.0 Å². The van der Waals surface area contributed by atoms with Gasteiger partial charge < -0.3 is 15.0 Å². The molecule has 0 aliphatic carbocycles. The van der Waals surface area contributed by atoms with Crippen molar-refractivity contribution in [2.45, 2.75) is 13.0 Å². The van der Waals surface area contributed by atoms with Crippen molar-refractivity contribution in [1.82, 2.24) is 15.3 Å². The predicted octanol–water partition coefficient (Wildman–Crippen LogP) is 1.69. The predicted molar refractivity (Wildman–Crippen MR) is 64.3 cm³/mol. The standard InChI is InChI=1S/C12H17N3O/c1-16-8-4-7-13-9-12-14-10-5-2-3-6-11(10)15-12/h2-3,5-6,13H,4,7-9H2,1H3,(H,14,15).